The fourth-order valence-corrected chi connectivity index (χ4v) is 2.14. The van der Waals surface area contributed by atoms with Crippen molar-refractivity contribution < 1.29 is 14.7 Å². The zero-order valence-electron chi connectivity index (χ0n) is 10.9. The summed E-state index contributed by atoms with van der Waals surface area (Å²) in [5.41, 5.74) is 1.47. The van der Waals surface area contributed by atoms with Gasteiger partial charge < -0.3 is 10.4 Å². The molecule has 0 saturated carbocycles. The molecule has 0 fully saturated rings. The molecule has 0 heterocycles. The fraction of sp³-hybridized carbons (Fsp3) is 0.714. The van der Waals surface area contributed by atoms with Crippen LogP contribution < -0.4 is 5.32 Å². The Morgan fingerprint density at radius 1 is 1.22 bits per heavy atom. The summed E-state index contributed by atoms with van der Waals surface area (Å²) in [4.78, 5) is 21.7. The van der Waals surface area contributed by atoms with Crippen molar-refractivity contribution in [2.45, 2.75) is 57.8 Å². The van der Waals surface area contributed by atoms with Crippen molar-refractivity contribution in [2.24, 2.45) is 0 Å². The van der Waals surface area contributed by atoms with Crippen LogP contribution in [0.15, 0.2) is 11.6 Å². The number of aliphatic carboxylic acids is 1. The van der Waals surface area contributed by atoms with Crippen molar-refractivity contribution >= 4 is 11.9 Å². The molecule has 18 heavy (non-hydrogen) atoms. The van der Waals surface area contributed by atoms with Crippen LogP contribution in [0.2, 0.25) is 0 Å². The maximum atomic E-state index is 11.5. The Kier molecular flexibility index (Phi) is 7.14. The molecular weight excluding hydrogens is 230 g/mol. The zero-order valence-corrected chi connectivity index (χ0v) is 10.9. The summed E-state index contributed by atoms with van der Waals surface area (Å²) in [5, 5.41) is 11.3. The van der Waals surface area contributed by atoms with Gasteiger partial charge in [-0.2, -0.15) is 0 Å². The predicted molar refractivity (Wildman–Crippen MR) is 70.3 cm³/mol. The van der Waals surface area contributed by atoms with Gasteiger partial charge in [-0.15, -0.1) is 0 Å². The lowest BCUT2D eigenvalue weighted by Gasteiger charge is -2.12. The van der Waals surface area contributed by atoms with Gasteiger partial charge in [-0.1, -0.05) is 11.6 Å². The first-order valence-corrected chi connectivity index (χ1v) is 6.85. The molecule has 0 aromatic heterocycles. The molecule has 0 unspecified atom stereocenters. The maximum absolute atomic E-state index is 11.5. The molecule has 4 nitrogen and oxygen atoms in total. The van der Waals surface area contributed by atoms with E-state index < -0.39 is 5.97 Å². The fourth-order valence-electron chi connectivity index (χ4n) is 2.14. The molecule has 0 radical (unpaired) electrons. The normalized spacial score (nSPS) is 15.0. The highest BCUT2D eigenvalue weighted by Gasteiger charge is 2.05. The molecule has 0 aromatic rings. The van der Waals surface area contributed by atoms with Crippen molar-refractivity contribution in [1.82, 2.24) is 5.32 Å². The average Bonchev–Trinajstić information content (AvgIpc) is 2.36. The molecule has 2 N–H and O–H groups in total. The topological polar surface area (TPSA) is 66.4 Å². The number of amides is 1. The summed E-state index contributed by atoms with van der Waals surface area (Å²) in [5.74, 6) is -0.753. The average molecular weight is 253 g/mol. The van der Waals surface area contributed by atoms with Gasteiger partial charge in [-0.25, -0.2) is 0 Å². The number of carbonyl (C=O) groups is 2. The van der Waals surface area contributed by atoms with Crippen LogP contribution in [0, 0.1) is 0 Å². The van der Waals surface area contributed by atoms with Gasteiger partial charge in [-0.3, -0.25) is 9.59 Å². The molecule has 1 aliphatic carbocycles. The van der Waals surface area contributed by atoms with E-state index in [-0.39, 0.29) is 12.3 Å². The monoisotopic (exact) mass is 253 g/mol. The Hall–Kier alpha value is -1.32. The van der Waals surface area contributed by atoms with Gasteiger partial charge in [0.2, 0.25) is 5.91 Å². The first-order valence-electron chi connectivity index (χ1n) is 6.85. The smallest absolute Gasteiger partial charge is 0.303 e. The van der Waals surface area contributed by atoms with Crippen LogP contribution in [0.3, 0.4) is 0 Å². The van der Waals surface area contributed by atoms with Crippen LogP contribution in [0.5, 0.6) is 0 Å². The summed E-state index contributed by atoms with van der Waals surface area (Å²) in [6.07, 6.45) is 9.99. The molecule has 0 aliphatic heterocycles. The third-order valence-corrected chi connectivity index (χ3v) is 3.20. The largest absolute Gasteiger partial charge is 0.481 e. The van der Waals surface area contributed by atoms with Gasteiger partial charge in [0.05, 0.1) is 0 Å². The molecule has 1 aliphatic rings. The second-order valence-corrected chi connectivity index (χ2v) is 4.81. The number of carboxylic acids is 1. The van der Waals surface area contributed by atoms with Crippen molar-refractivity contribution in [3.05, 3.63) is 11.6 Å². The number of carboxylic acid groups (broad SMARTS) is 1. The third kappa shape index (κ3) is 7.09. The first kappa shape index (κ1) is 14.7. The van der Waals surface area contributed by atoms with E-state index in [9.17, 15) is 9.59 Å². The third-order valence-electron chi connectivity index (χ3n) is 3.20. The van der Waals surface area contributed by atoms with Crippen molar-refractivity contribution in [2.75, 3.05) is 6.54 Å². The minimum absolute atomic E-state index is 0.0387. The molecular formula is C14H23NO3. The molecule has 0 bridgehead atoms. The first-order chi connectivity index (χ1) is 8.68. The van der Waals surface area contributed by atoms with E-state index >= 15 is 0 Å². The lowest BCUT2D eigenvalue weighted by molar-refractivity contribution is -0.137. The predicted octanol–water partition coefficient (Wildman–Crippen LogP) is 2.64. The minimum atomic E-state index is -0.792. The SMILES string of the molecule is O=C(O)CCCCC(=O)NCCC1=CCCCC1. The molecule has 102 valence electrons. The molecule has 0 spiro atoms. The second-order valence-electron chi connectivity index (χ2n) is 4.81. The lowest BCUT2D eigenvalue weighted by atomic mass is 9.97. The summed E-state index contributed by atoms with van der Waals surface area (Å²) in [6.45, 7) is 0.712. The molecule has 1 rings (SSSR count). The Bertz CT molecular complexity index is 310. The Labute approximate surface area is 108 Å². The van der Waals surface area contributed by atoms with Gasteiger partial charge in [0.25, 0.3) is 0 Å². The van der Waals surface area contributed by atoms with Crippen LogP contribution in [0.1, 0.15) is 57.8 Å². The number of hydrogen-bond acceptors (Lipinski definition) is 2. The summed E-state index contributed by atoms with van der Waals surface area (Å²) < 4.78 is 0. The maximum Gasteiger partial charge on any atom is 0.303 e. The minimum Gasteiger partial charge on any atom is -0.481 e. The highest BCUT2D eigenvalue weighted by atomic mass is 16.4. The highest BCUT2D eigenvalue weighted by molar-refractivity contribution is 5.75. The summed E-state index contributed by atoms with van der Waals surface area (Å²) in [7, 11) is 0. The number of hydrogen-bond donors (Lipinski definition) is 2. The standard InChI is InChI=1S/C14H23NO3/c16-13(8-4-5-9-14(17)18)15-11-10-12-6-2-1-3-7-12/h6H,1-5,7-11H2,(H,15,16)(H,17,18). The van der Waals surface area contributed by atoms with E-state index in [1.54, 1.807) is 0 Å². The summed E-state index contributed by atoms with van der Waals surface area (Å²) in [6, 6.07) is 0. The number of carbonyl (C=O) groups excluding carboxylic acids is 1. The summed E-state index contributed by atoms with van der Waals surface area (Å²) >= 11 is 0. The van der Waals surface area contributed by atoms with E-state index in [4.69, 9.17) is 5.11 Å². The van der Waals surface area contributed by atoms with Gasteiger partial charge in [0.1, 0.15) is 0 Å². The van der Waals surface area contributed by atoms with E-state index in [2.05, 4.69) is 11.4 Å². The van der Waals surface area contributed by atoms with E-state index in [1.165, 1.54) is 31.3 Å². The van der Waals surface area contributed by atoms with Crippen LogP contribution in [-0.2, 0) is 9.59 Å². The van der Waals surface area contributed by atoms with Gasteiger partial charge in [-0.05, 0) is 44.9 Å². The van der Waals surface area contributed by atoms with Gasteiger partial charge in [0, 0.05) is 19.4 Å². The Morgan fingerprint density at radius 3 is 2.67 bits per heavy atom. The van der Waals surface area contributed by atoms with Crippen LogP contribution in [-0.4, -0.2) is 23.5 Å². The number of unbranched alkanes of at least 4 members (excludes halogenated alkanes) is 1. The molecule has 0 aromatic carbocycles. The van der Waals surface area contributed by atoms with Crippen LogP contribution in [0.25, 0.3) is 0 Å². The quantitative estimate of drug-likeness (QED) is 0.516. The number of rotatable bonds is 8. The van der Waals surface area contributed by atoms with Gasteiger partial charge in [0.15, 0.2) is 0 Å². The van der Waals surface area contributed by atoms with E-state index in [0.717, 1.165) is 6.42 Å². The zero-order chi connectivity index (χ0) is 13.2. The molecule has 0 saturated heterocycles. The van der Waals surface area contributed by atoms with Crippen molar-refractivity contribution in [3.8, 4) is 0 Å². The van der Waals surface area contributed by atoms with Crippen molar-refractivity contribution in [1.29, 1.82) is 0 Å². The second kappa shape index (κ2) is 8.72. The molecule has 1 amide bonds. The molecule has 4 heteroatoms. The van der Waals surface area contributed by atoms with Gasteiger partial charge >= 0.3 is 5.97 Å². The Balaban J connectivity index is 1.99. The number of allylic oxidation sites excluding steroid dienone is 1. The van der Waals surface area contributed by atoms with Crippen molar-refractivity contribution in [3.63, 3.8) is 0 Å². The Morgan fingerprint density at radius 2 is 2.00 bits per heavy atom. The van der Waals surface area contributed by atoms with E-state index in [1.807, 2.05) is 0 Å². The molecule has 0 atom stereocenters. The lowest BCUT2D eigenvalue weighted by Crippen LogP contribution is -2.24. The number of nitrogens with one attached hydrogen (secondary N) is 1. The van der Waals surface area contributed by atoms with E-state index in [0.29, 0.717) is 25.8 Å². The van der Waals surface area contributed by atoms with Crippen LogP contribution in [0.4, 0.5) is 0 Å². The van der Waals surface area contributed by atoms with Crippen LogP contribution >= 0.6 is 0 Å². The highest BCUT2D eigenvalue weighted by Crippen LogP contribution is 2.19.